The molecule has 0 N–H and O–H groups in total. The summed E-state index contributed by atoms with van der Waals surface area (Å²) in [6, 6.07) is 5.29. The topological polar surface area (TPSA) is 28.6 Å². The van der Waals surface area contributed by atoms with Crippen molar-refractivity contribution in [1.29, 1.82) is 0 Å². The van der Waals surface area contributed by atoms with Crippen molar-refractivity contribution in [2.45, 2.75) is 39.3 Å². The Labute approximate surface area is 129 Å². The highest BCUT2D eigenvalue weighted by atomic mass is 16.5. The van der Waals surface area contributed by atoms with Crippen LogP contribution in [0.3, 0.4) is 0 Å². The average molecular weight is 291 g/mol. The molecule has 1 saturated heterocycles. The number of aromatic nitrogens is 1. The Bertz CT molecular complexity index is 398. The van der Waals surface area contributed by atoms with Crippen LogP contribution >= 0.6 is 0 Å². The average Bonchev–Trinajstić information content (AvgIpc) is 2.55. The highest BCUT2D eigenvalue weighted by Gasteiger charge is 2.28. The predicted octanol–water partition coefficient (Wildman–Crippen LogP) is 2.58. The van der Waals surface area contributed by atoms with E-state index in [1.807, 2.05) is 18.5 Å². The number of rotatable bonds is 7. The Morgan fingerprint density at radius 2 is 2.24 bits per heavy atom. The molecule has 0 bridgehead atoms. The third kappa shape index (κ3) is 4.50. The summed E-state index contributed by atoms with van der Waals surface area (Å²) in [5, 5.41) is 0. The maximum atomic E-state index is 5.51. The van der Waals surface area contributed by atoms with Crippen LogP contribution in [0.15, 0.2) is 24.5 Å². The van der Waals surface area contributed by atoms with Gasteiger partial charge in [-0.3, -0.25) is 14.8 Å². The highest BCUT2D eigenvalue weighted by Crippen LogP contribution is 2.23. The van der Waals surface area contributed by atoms with Crippen molar-refractivity contribution in [1.82, 2.24) is 14.8 Å². The highest BCUT2D eigenvalue weighted by molar-refractivity contribution is 5.13. The Morgan fingerprint density at radius 3 is 2.90 bits per heavy atom. The minimum Gasteiger partial charge on any atom is -0.380 e. The molecule has 0 amide bonds. The van der Waals surface area contributed by atoms with E-state index in [4.69, 9.17) is 4.74 Å². The fraction of sp³-hybridized carbons (Fsp3) is 0.706. The van der Waals surface area contributed by atoms with Gasteiger partial charge in [-0.15, -0.1) is 0 Å². The summed E-state index contributed by atoms with van der Waals surface area (Å²) in [5.41, 5.74) is 1.31. The Balaban J connectivity index is 1.91. The lowest BCUT2D eigenvalue weighted by Gasteiger charge is -2.43. The fourth-order valence-corrected chi connectivity index (χ4v) is 3.11. The van der Waals surface area contributed by atoms with Gasteiger partial charge in [0, 0.05) is 57.3 Å². The van der Waals surface area contributed by atoms with E-state index in [9.17, 15) is 0 Å². The second-order valence-corrected chi connectivity index (χ2v) is 5.75. The number of ether oxygens (including phenoxy) is 1. The quantitative estimate of drug-likeness (QED) is 0.722. The molecule has 2 heterocycles. The minimum atomic E-state index is 0.446. The number of hydrogen-bond donors (Lipinski definition) is 0. The van der Waals surface area contributed by atoms with Crippen LogP contribution < -0.4 is 0 Å². The third-order valence-corrected chi connectivity index (χ3v) is 4.55. The van der Waals surface area contributed by atoms with Crippen molar-refractivity contribution in [3.8, 4) is 0 Å². The molecule has 4 heteroatoms. The summed E-state index contributed by atoms with van der Waals surface area (Å²) < 4.78 is 5.51. The summed E-state index contributed by atoms with van der Waals surface area (Å²) >= 11 is 0. The van der Waals surface area contributed by atoms with Crippen molar-refractivity contribution in [2.24, 2.45) is 0 Å². The second-order valence-electron chi connectivity index (χ2n) is 5.75. The summed E-state index contributed by atoms with van der Waals surface area (Å²) in [7, 11) is 0. The summed E-state index contributed by atoms with van der Waals surface area (Å²) in [4.78, 5) is 9.42. The summed E-state index contributed by atoms with van der Waals surface area (Å²) in [6.45, 7) is 12.8. The molecule has 0 saturated carbocycles. The van der Waals surface area contributed by atoms with Crippen molar-refractivity contribution < 1.29 is 4.74 Å². The monoisotopic (exact) mass is 291 g/mol. The predicted molar refractivity (Wildman–Crippen MR) is 86.4 cm³/mol. The molecule has 0 aromatic carbocycles. The molecule has 4 nitrogen and oxygen atoms in total. The molecule has 0 radical (unpaired) electrons. The van der Waals surface area contributed by atoms with E-state index in [-0.39, 0.29) is 0 Å². The van der Waals surface area contributed by atoms with E-state index in [2.05, 4.69) is 41.6 Å². The largest absolute Gasteiger partial charge is 0.380 e. The van der Waals surface area contributed by atoms with Crippen LogP contribution in [0.4, 0.5) is 0 Å². The lowest BCUT2D eigenvalue weighted by atomic mass is 10.0. The molecule has 118 valence electrons. The Kier molecular flexibility index (Phi) is 6.61. The molecule has 2 unspecified atom stereocenters. The number of hydrogen-bond acceptors (Lipinski definition) is 4. The van der Waals surface area contributed by atoms with Gasteiger partial charge in [0.2, 0.25) is 0 Å². The molecule has 2 atom stereocenters. The van der Waals surface area contributed by atoms with Crippen molar-refractivity contribution >= 4 is 0 Å². The molecule has 1 fully saturated rings. The van der Waals surface area contributed by atoms with Crippen molar-refractivity contribution in [2.75, 3.05) is 39.4 Å². The van der Waals surface area contributed by atoms with Crippen LogP contribution in [0.1, 0.15) is 38.8 Å². The molecule has 1 aromatic rings. The van der Waals surface area contributed by atoms with Crippen molar-refractivity contribution in [3.05, 3.63) is 30.1 Å². The second kappa shape index (κ2) is 8.47. The zero-order valence-electron chi connectivity index (χ0n) is 13.7. The molecule has 0 spiro atoms. The van der Waals surface area contributed by atoms with E-state index in [1.54, 1.807) is 0 Å². The van der Waals surface area contributed by atoms with Crippen LogP contribution in [-0.4, -0.2) is 60.2 Å². The van der Waals surface area contributed by atoms with Crippen LogP contribution in [-0.2, 0) is 4.74 Å². The molecule has 1 aromatic heterocycles. The maximum Gasteiger partial charge on any atom is 0.0593 e. The first-order chi connectivity index (χ1) is 10.3. The van der Waals surface area contributed by atoms with Crippen LogP contribution in [0.5, 0.6) is 0 Å². The standard InChI is InChI=1S/C17H29N3O/c1-4-17-14-20(10-9-19(17)11-12-21-5-2)15(3)16-7-6-8-18-13-16/h6-8,13,15,17H,4-5,9-12,14H2,1-3H3. The Hall–Kier alpha value is -0.970. The molecule has 2 rings (SSSR count). The van der Waals surface area contributed by atoms with Crippen LogP contribution in [0.25, 0.3) is 0 Å². The van der Waals surface area contributed by atoms with Gasteiger partial charge in [0.15, 0.2) is 0 Å². The lowest BCUT2D eigenvalue weighted by molar-refractivity contribution is 0.0270. The van der Waals surface area contributed by atoms with E-state index in [1.165, 1.54) is 12.0 Å². The summed E-state index contributed by atoms with van der Waals surface area (Å²) in [5.74, 6) is 0. The van der Waals surface area contributed by atoms with Gasteiger partial charge in [-0.25, -0.2) is 0 Å². The van der Waals surface area contributed by atoms with Crippen molar-refractivity contribution in [3.63, 3.8) is 0 Å². The van der Waals surface area contributed by atoms with Gasteiger partial charge in [0.05, 0.1) is 6.61 Å². The van der Waals surface area contributed by atoms with E-state index in [0.29, 0.717) is 12.1 Å². The first-order valence-corrected chi connectivity index (χ1v) is 8.22. The molecular weight excluding hydrogens is 262 g/mol. The van der Waals surface area contributed by atoms with E-state index >= 15 is 0 Å². The van der Waals surface area contributed by atoms with Gasteiger partial charge < -0.3 is 4.74 Å². The van der Waals surface area contributed by atoms with Gasteiger partial charge in [0.1, 0.15) is 0 Å². The van der Waals surface area contributed by atoms with E-state index in [0.717, 1.165) is 39.4 Å². The van der Waals surface area contributed by atoms with Gasteiger partial charge in [-0.2, -0.15) is 0 Å². The van der Waals surface area contributed by atoms with E-state index < -0.39 is 0 Å². The van der Waals surface area contributed by atoms with Gasteiger partial charge in [-0.05, 0) is 31.9 Å². The molecular formula is C17H29N3O. The van der Waals surface area contributed by atoms with Gasteiger partial charge >= 0.3 is 0 Å². The fourth-order valence-electron chi connectivity index (χ4n) is 3.11. The number of piperazine rings is 1. The van der Waals surface area contributed by atoms with Crippen LogP contribution in [0, 0.1) is 0 Å². The molecule has 1 aliphatic heterocycles. The molecule has 0 aliphatic carbocycles. The lowest BCUT2D eigenvalue weighted by Crippen LogP contribution is -2.54. The normalized spacial score (nSPS) is 22.3. The van der Waals surface area contributed by atoms with Gasteiger partial charge in [0.25, 0.3) is 0 Å². The minimum absolute atomic E-state index is 0.446. The first-order valence-electron chi connectivity index (χ1n) is 8.22. The SMILES string of the molecule is CCOCCN1CCN(C(C)c2cccnc2)CC1CC. The van der Waals surface area contributed by atoms with Crippen LogP contribution in [0.2, 0.25) is 0 Å². The zero-order valence-corrected chi connectivity index (χ0v) is 13.7. The van der Waals surface area contributed by atoms with Gasteiger partial charge in [-0.1, -0.05) is 13.0 Å². The Morgan fingerprint density at radius 1 is 1.38 bits per heavy atom. The zero-order chi connectivity index (χ0) is 15.1. The number of nitrogens with zero attached hydrogens (tertiary/aromatic N) is 3. The third-order valence-electron chi connectivity index (χ3n) is 4.55. The maximum absolute atomic E-state index is 5.51. The summed E-state index contributed by atoms with van der Waals surface area (Å²) in [6.07, 6.45) is 5.03. The smallest absolute Gasteiger partial charge is 0.0593 e. The molecule has 21 heavy (non-hydrogen) atoms. The molecule has 1 aliphatic rings. The number of pyridine rings is 1. The first kappa shape index (κ1) is 16.4.